The van der Waals surface area contributed by atoms with Crippen molar-refractivity contribution in [1.82, 2.24) is 14.9 Å². The Morgan fingerprint density at radius 1 is 1.10 bits per heavy atom. The summed E-state index contributed by atoms with van der Waals surface area (Å²) in [5, 5.41) is 0. The van der Waals surface area contributed by atoms with Gasteiger partial charge in [0, 0.05) is 50.6 Å². The molecule has 0 saturated carbocycles. The first-order chi connectivity index (χ1) is 14.2. The quantitative estimate of drug-likeness (QED) is 0.796. The number of aromatic nitrogens is 2. The van der Waals surface area contributed by atoms with E-state index in [1.807, 2.05) is 4.90 Å². The van der Waals surface area contributed by atoms with Gasteiger partial charge in [-0.15, -0.1) is 0 Å². The minimum Gasteiger partial charge on any atom is -0.368 e. The van der Waals surface area contributed by atoms with E-state index < -0.39 is 0 Å². The fourth-order valence-corrected chi connectivity index (χ4v) is 4.45. The number of nitrogens with zero attached hydrogens (tertiary/aromatic N) is 5. The van der Waals surface area contributed by atoms with E-state index in [2.05, 4.69) is 57.9 Å². The Bertz CT molecular complexity index is 847. The maximum absolute atomic E-state index is 13.1. The average Bonchev–Trinajstić information content (AvgIpc) is 2.79. The molecule has 0 radical (unpaired) electrons. The highest BCUT2D eigenvalue weighted by atomic mass is 16.2. The molecule has 3 heterocycles. The first kappa shape index (κ1) is 19.7. The second-order valence-corrected chi connectivity index (χ2v) is 8.11. The van der Waals surface area contributed by atoms with E-state index in [1.165, 1.54) is 30.5 Å². The summed E-state index contributed by atoms with van der Waals surface area (Å²) in [5.41, 5.74) is 3.01. The molecule has 29 heavy (non-hydrogen) atoms. The number of amides is 1. The van der Waals surface area contributed by atoms with Gasteiger partial charge >= 0.3 is 0 Å². The van der Waals surface area contributed by atoms with Crippen LogP contribution in [0.2, 0.25) is 0 Å². The van der Waals surface area contributed by atoms with E-state index in [1.54, 1.807) is 12.3 Å². The summed E-state index contributed by atoms with van der Waals surface area (Å²) in [7, 11) is 0. The smallest absolute Gasteiger partial charge is 0.272 e. The summed E-state index contributed by atoms with van der Waals surface area (Å²) < 4.78 is 0. The van der Waals surface area contributed by atoms with E-state index in [9.17, 15) is 4.79 Å². The molecule has 154 valence electrons. The standard InChI is InChI=1S/C23H31N5O/c1-3-19-8-4-5-12-28(19)23-24-11-10-21(25-23)22(29)27-15-13-26(14-16-27)20-9-6-7-18(2)17-20/h6-7,9-11,17,19H,3-5,8,12-16H2,1-2H3. The number of anilines is 2. The van der Waals surface area contributed by atoms with Crippen molar-refractivity contribution in [2.75, 3.05) is 42.5 Å². The Balaban J connectivity index is 1.42. The van der Waals surface area contributed by atoms with Crippen LogP contribution >= 0.6 is 0 Å². The molecule has 6 nitrogen and oxygen atoms in total. The zero-order chi connectivity index (χ0) is 20.2. The van der Waals surface area contributed by atoms with Gasteiger partial charge in [0.1, 0.15) is 5.69 Å². The van der Waals surface area contributed by atoms with Crippen molar-refractivity contribution in [1.29, 1.82) is 0 Å². The largest absolute Gasteiger partial charge is 0.368 e. The Morgan fingerprint density at radius 3 is 2.69 bits per heavy atom. The number of rotatable bonds is 4. The lowest BCUT2D eigenvalue weighted by Gasteiger charge is -2.37. The van der Waals surface area contributed by atoms with Crippen molar-refractivity contribution >= 4 is 17.5 Å². The van der Waals surface area contributed by atoms with Gasteiger partial charge < -0.3 is 14.7 Å². The van der Waals surface area contributed by atoms with Crippen molar-refractivity contribution in [3.63, 3.8) is 0 Å². The van der Waals surface area contributed by atoms with Gasteiger partial charge in [0.2, 0.25) is 5.95 Å². The minimum atomic E-state index is 0.0163. The molecule has 2 saturated heterocycles. The Morgan fingerprint density at radius 2 is 1.93 bits per heavy atom. The summed E-state index contributed by atoms with van der Waals surface area (Å²) in [5.74, 6) is 0.725. The van der Waals surface area contributed by atoms with Crippen LogP contribution in [0.1, 0.15) is 48.7 Å². The lowest BCUT2D eigenvalue weighted by atomic mass is 10.0. The fraction of sp³-hybridized carbons (Fsp3) is 0.522. The predicted molar refractivity (Wildman–Crippen MR) is 117 cm³/mol. The van der Waals surface area contributed by atoms with Crippen molar-refractivity contribution in [2.45, 2.75) is 45.6 Å². The number of benzene rings is 1. The Labute approximate surface area is 173 Å². The SMILES string of the molecule is CCC1CCCCN1c1nccc(C(=O)N2CCN(c3cccc(C)c3)CC2)n1. The van der Waals surface area contributed by atoms with E-state index in [0.717, 1.165) is 26.1 Å². The average molecular weight is 394 g/mol. The van der Waals surface area contributed by atoms with Crippen LogP contribution in [0.15, 0.2) is 36.5 Å². The highest BCUT2D eigenvalue weighted by molar-refractivity contribution is 5.92. The van der Waals surface area contributed by atoms with Crippen LogP contribution in [-0.2, 0) is 0 Å². The molecule has 1 amide bonds. The van der Waals surface area contributed by atoms with E-state index in [-0.39, 0.29) is 5.91 Å². The highest BCUT2D eigenvalue weighted by Crippen LogP contribution is 2.24. The summed E-state index contributed by atoms with van der Waals surface area (Å²) in [6.07, 6.45) is 6.43. The summed E-state index contributed by atoms with van der Waals surface area (Å²) in [6.45, 7) is 8.42. The molecule has 2 aliphatic heterocycles. The molecule has 4 rings (SSSR count). The highest BCUT2D eigenvalue weighted by Gasteiger charge is 2.26. The van der Waals surface area contributed by atoms with Gasteiger partial charge in [-0.25, -0.2) is 9.97 Å². The van der Waals surface area contributed by atoms with Crippen LogP contribution < -0.4 is 9.80 Å². The molecular formula is C23H31N5O. The van der Waals surface area contributed by atoms with Crippen LogP contribution in [0.25, 0.3) is 0 Å². The molecule has 1 unspecified atom stereocenters. The molecule has 1 atom stereocenters. The molecule has 2 fully saturated rings. The Hall–Kier alpha value is -2.63. The van der Waals surface area contributed by atoms with Crippen molar-refractivity contribution < 1.29 is 4.79 Å². The van der Waals surface area contributed by atoms with Gasteiger partial charge in [-0.3, -0.25) is 4.79 Å². The zero-order valence-electron chi connectivity index (χ0n) is 17.5. The molecular weight excluding hydrogens is 362 g/mol. The summed E-state index contributed by atoms with van der Waals surface area (Å²) in [6, 6.07) is 10.8. The monoisotopic (exact) mass is 393 g/mol. The molecule has 1 aromatic heterocycles. The summed E-state index contributed by atoms with van der Waals surface area (Å²) >= 11 is 0. The normalized spacial score (nSPS) is 20.1. The van der Waals surface area contributed by atoms with Gasteiger partial charge in [-0.05, 0) is 56.4 Å². The van der Waals surface area contributed by atoms with Gasteiger partial charge in [0.15, 0.2) is 0 Å². The molecule has 6 heteroatoms. The molecule has 2 aliphatic rings. The Kier molecular flexibility index (Phi) is 5.97. The van der Waals surface area contributed by atoms with Gasteiger partial charge in [0.25, 0.3) is 5.91 Å². The molecule has 0 aliphatic carbocycles. The molecule has 0 N–H and O–H groups in total. The van der Waals surface area contributed by atoms with Crippen molar-refractivity contribution in [2.24, 2.45) is 0 Å². The third-order valence-electron chi connectivity index (χ3n) is 6.15. The van der Waals surface area contributed by atoms with Gasteiger partial charge in [0.05, 0.1) is 0 Å². The van der Waals surface area contributed by atoms with Crippen molar-refractivity contribution in [3.8, 4) is 0 Å². The first-order valence-corrected chi connectivity index (χ1v) is 10.9. The number of piperazine rings is 1. The maximum Gasteiger partial charge on any atom is 0.272 e. The second kappa shape index (κ2) is 8.80. The van der Waals surface area contributed by atoms with Crippen LogP contribution in [-0.4, -0.2) is 59.5 Å². The zero-order valence-corrected chi connectivity index (χ0v) is 17.5. The third kappa shape index (κ3) is 4.36. The number of hydrogen-bond donors (Lipinski definition) is 0. The van der Waals surface area contributed by atoms with Gasteiger partial charge in [-0.2, -0.15) is 0 Å². The lowest BCUT2D eigenvalue weighted by Crippen LogP contribution is -2.49. The maximum atomic E-state index is 13.1. The second-order valence-electron chi connectivity index (χ2n) is 8.11. The van der Waals surface area contributed by atoms with Crippen LogP contribution in [0.4, 0.5) is 11.6 Å². The van der Waals surface area contributed by atoms with Gasteiger partial charge in [-0.1, -0.05) is 19.1 Å². The molecule has 0 bridgehead atoms. The molecule has 1 aromatic carbocycles. The molecule has 2 aromatic rings. The first-order valence-electron chi connectivity index (χ1n) is 10.9. The van der Waals surface area contributed by atoms with E-state index in [0.29, 0.717) is 30.8 Å². The van der Waals surface area contributed by atoms with Crippen LogP contribution in [0, 0.1) is 6.92 Å². The fourth-order valence-electron chi connectivity index (χ4n) is 4.45. The van der Waals surface area contributed by atoms with Crippen molar-refractivity contribution in [3.05, 3.63) is 47.8 Å². The number of piperidine rings is 1. The predicted octanol–water partition coefficient (Wildman–Crippen LogP) is 3.52. The van der Waals surface area contributed by atoms with Crippen LogP contribution in [0.3, 0.4) is 0 Å². The third-order valence-corrected chi connectivity index (χ3v) is 6.15. The number of carbonyl (C=O) groups excluding carboxylic acids is 1. The summed E-state index contributed by atoms with van der Waals surface area (Å²) in [4.78, 5) is 28.8. The minimum absolute atomic E-state index is 0.0163. The van der Waals surface area contributed by atoms with E-state index in [4.69, 9.17) is 0 Å². The van der Waals surface area contributed by atoms with Crippen LogP contribution in [0.5, 0.6) is 0 Å². The molecule has 0 spiro atoms. The number of carbonyl (C=O) groups is 1. The number of aryl methyl sites for hydroxylation is 1. The van der Waals surface area contributed by atoms with E-state index >= 15 is 0 Å². The number of hydrogen-bond acceptors (Lipinski definition) is 5. The topological polar surface area (TPSA) is 52.6 Å². The lowest BCUT2D eigenvalue weighted by molar-refractivity contribution is 0.0740.